The summed E-state index contributed by atoms with van der Waals surface area (Å²) >= 11 is 0. The Labute approximate surface area is 166 Å². The van der Waals surface area contributed by atoms with Crippen molar-refractivity contribution in [3.05, 3.63) is 77.5 Å². The molecule has 3 N–H and O–H groups in total. The normalized spacial score (nSPS) is 10.6. The highest BCUT2D eigenvalue weighted by molar-refractivity contribution is 5.68. The van der Waals surface area contributed by atoms with Crippen molar-refractivity contribution in [2.45, 2.75) is 13.2 Å². The minimum absolute atomic E-state index is 0.00750. The van der Waals surface area contributed by atoms with E-state index in [2.05, 4.69) is 26.3 Å². The molecule has 0 spiro atoms. The fourth-order valence-corrected chi connectivity index (χ4v) is 3.00. The maximum atomic E-state index is 9.28. The van der Waals surface area contributed by atoms with Crippen molar-refractivity contribution in [2.75, 3.05) is 5.73 Å². The summed E-state index contributed by atoms with van der Waals surface area (Å²) in [6, 6.07) is 18.7. The fourth-order valence-electron chi connectivity index (χ4n) is 3.00. The predicted octanol–water partition coefficient (Wildman–Crippen LogP) is 2.40. The van der Waals surface area contributed by atoms with Gasteiger partial charge in [0.05, 0.1) is 42.4 Å². The lowest BCUT2D eigenvalue weighted by molar-refractivity contribution is 0.281. The summed E-state index contributed by atoms with van der Waals surface area (Å²) in [6.07, 6.45) is 1.78. The molecule has 2 heterocycles. The first-order chi connectivity index (χ1) is 14.1. The van der Waals surface area contributed by atoms with E-state index < -0.39 is 0 Å². The highest BCUT2D eigenvalue weighted by Crippen LogP contribution is 2.24. The summed E-state index contributed by atoms with van der Waals surface area (Å²) in [5.41, 5.74) is 10.8. The van der Waals surface area contributed by atoms with E-state index >= 15 is 0 Å². The van der Waals surface area contributed by atoms with Gasteiger partial charge in [0, 0.05) is 5.56 Å². The van der Waals surface area contributed by atoms with Gasteiger partial charge in [-0.3, -0.25) is 0 Å². The summed E-state index contributed by atoms with van der Waals surface area (Å²) in [5.74, 6) is 0.116. The molecule has 8 heteroatoms. The second-order valence-corrected chi connectivity index (χ2v) is 6.47. The van der Waals surface area contributed by atoms with E-state index in [0.29, 0.717) is 29.2 Å². The van der Waals surface area contributed by atoms with Crippen molar-refractivity contribution in [2.24, 2.45) is 0 Å². The lowest BCUT2D eigenvalue weighted by Gasteiger charge is -2.05. The van der Waals surface area contributed by atoms with Gasteiger partial charge in [-0.2, -0.15) is 5.26 Å². The summed E-state index contributed by atoms with van der Waals surface area (Å²) in [6.45, 7) is 0.505. The zero-order valence-electron chi connectivity index (χ0n) is 15.4. The number of hydrogen-bond acceptors (Lipinski definition) is 7. The first-order valence-electron chi connectivity index (χ1n) is 8.89. The molecule has 142 valence electrons. The van der Waals surface area contributed by atoms with Gasteiger partial charge in [0.1, 0.15) is 5.69 Å². The Kier molecular flexibility index (Phi) is 4.97. The third-order valence-corrected chi connectivity index (χ3v) is 4.35. The first-order valence-corrected chi connectivity index (χ1v) is 8.89. The van der Waals surface area contributed by atoms with Gasteiger partial charge in [-0.1, -0.05) is 41.6 Å². The molecule has 0 radical (unpaired) electrons. The Morgan fingerprint density at radius 1 is 0.966 bits per heavy atom. The fraction of sp³-hybridized carbons (Fsp3) is 0.0952. The van der Waals surface area contributed by atoms with Crippen molar-refractivity contribution in [1.29, 1.82) is 5.26 Å². The maximum Gasteiger partial charge on any atom is 0.221 e. The monoisotopic (exact) mass is 383 g/mol. The number of aliphatic hydroxyl groups is 1. The molecule has 4 aromatic rings. The number of nitrogens with zero attached hydrogens (tertiary/aromatic N) is 6. The zero-order chi connectivity index (χ0) is 20.2. The highest BCUT2D eigenvalue weighted by Gasteiger charge is 2.11. The van der Waals surface area contributed by atoms with Gasteiger partial charge < -0.3 is 10.8 Å². The predicted molar refractivity (Wildman–Crippen MR) is 107 cm³/mol. The molecule has 0 amide bonds. The molecule has 0 saturated heterocycles. The molecule has 4 rings (SSSR count). The molecule has 29 heavy (non-hydrogen) atoms. The van der Waals surface area contributed by atoms with Crippen LogP contribution in [0.3, 0.4) is 0 Å². The summed E-state index contributed by atoms with van der Waals surface area (Å²) in [4.78, 5) is 8.55. The smallest absolute Gasteiger partial charge is 0.221 e. The van der Waals surface area contributed by atoms with Crippen LogP contribution in [-0.4, -0.2) is 30.1 Å². The molecule has 8 nitrogen and oxygen atoms in total. The number of anilines is 1. The van der Waals surface area contributed by atoms with Crippen LogP contribution in [0.15, 0.2) is 60.8 Å². The van der Waals surface area contributed by atoms with Gasteiger partial charge in [-0.15, -0.1) is 5.10 Å². The number of nitriles is 1. The van der Waals surface area contributed by atoms with Crippen LogP contribution in [0.5, 0.6) is 0 Å². The largest absolute Gasteiger partial charge is 0.392 e. The molecule has 0 atom stereocenters. The highest BCUT2D eigenvalue weighted by atomic mass is 16.3. The van der Waals surface area contributed by atoms with Gasteiger partial charge in [-0.05, 0) is 29.3 Å². The Bertz CT molecular complexity index is 1210. The average molecular weight is 383 g/mol. The van der Waals surface area contributed by atoms with Crippen LogP contribution in [0.25, 0.3) is 22.6 Å². The van der Waals surface area contributed by atoms with Gasteiger partial charge in [0.25, 0.3) is 0 Å². The quantitative estimate of drug-likeness (QED) is 0.542. The van der Waals surface area contributed by atoms with Crippen LogP contribution >= 0.6 is 0 Å². The number of aliphatic hydroxyl groups excluding tert-OH is 1. The van der Waals surface area contributed by atoms with Crippen molar-refractivity contribution in [1.82, 2.24) is 25.0 Å². The summed E-state index contributed by atoms with van der Waals surface area (Å²) < 4.78 is 1.69. The molecule has 2 aromatic heterocycles. The molecule has 0 bridgehead atoms. The average Bonchev–Trinajstić information content (AvgIpc) is 3.22. The summed E-state index contributed by atoms with van der Waals surface area (Å²) in [7, 11) is 0. The van der Waals surface area contributed by atoms with E-state index in [4.69, 9.17) is 11.0 Å². The molecular formula is C21H17N7O. The standard InChI is InChI=1S/C21H17N7O/c22-10-14-3-2-6-17(8-14)18-9-19(25-21(23)24-18)20-12-28(27-26-20)11-15-4-1-5-16(7-15)13-29/h1-9,12,29H,11,13H2,(H2,23,24,25). The Hall–Kier alpha value is -4.09. The molecule has 0 fully saturated rings. The molecule has 0 saturated carbocycles. The van der Waals surface area contributed by atoms with Crippen molar-refractivity contribution in [3.63, 3.8) is 0 Å². The molecule has 2 aromatic carbocycles. The second-order valence-electron chi connectivity index (χ2n) is 6.47. The summed E-state index contributed by atoms with van der Waals surface area (Å²) in [5, 5.41) is 26.8. The zero-order valence-corrected chi connectivity index (χ0v) is 15.4. The molecule has 0 aliphatic carbocycles. The minimum Gasteiger partial charge on any atom is -0.392 e. The van der Waals surface area contributed by atoms with Crippen molar-refractivity contribution < 1.29 is 5.11 Å². The van der Waals surface area contributed by atoms with Crippen molar-refractivity contribution >= 4 is 5.95 Å². The lowest BCUT2D eigenvalue weighted by atomic mass is 10.1. The van der Waals surface area contributed by atoms with Crippen LogP contribution in [0.4, 0.5) is 5.95 Å². The lowest BCUT2D eigenvalue weighted by Crippen LogP contribution is -2.01. The third kappa shape index (κ3) is 4.10. The van der Waals surface area contributed by atoms with E-state index in [1.807, 2.05) is 30.3 Å². The van der Waals surface area contributed by atoms with Gasteiger partial charge >= 0.3 is 0 Å². The SMILES string of the molecule is N#Cc1cccc(-c2cc(-c3cn(Cc4cccc(CO)c4)nn3)nc(N)n2)c1. The Morgan fingerprint density at radius 3 is 2.59 bits per heavy atom. The van der Waals surface area contributed by atoms with Gasteiger partial charge in [0.2, 0.25) is 5.95 Å². The van der Waals surface area contributed by atoms with E-state index in [9.17, 15) is 5.11 Å². The van der Waals surface area contributed by atoms with Crippen LogP contribution < -0.4 is 5.73 Å². The molecule has 0 aliphatic heterocycles. The topological polar surface area (TPSA) is 127 Å². The van der Waals surface area contributed by atoms with Gasteiger partial charge in [0.15, 0.2) is 0 Å². The number of nitrogen functional groups attached to an aromatic ring is 1. The van der Waals surface area contributed by atoms with Crippen LogP contribution in [-0.2, 0) is 13.2 Å². The molecule has 0 unspecified atom stereocenters. The number of hydrogen-bond donors (Lipinski definition) is 2. The van der Waals surface area contributed by atoms with E-state index in [1.165, 1.54) is 0 Å². The van der Waals surface area contributed by atoms with Crippen LogP contribution in [0.2, 0.25) is 0 Å². The molecular weight excluding hydrogens is 366 g/mol. The number of rotatable bonds is 5. The number of nitrogens with two attached hydrogens (primary N) is 1. The van der Waals surface area contributed by atoms with Crippen LogP contribution in [0, 0.1) is 11.3 Å². The number of benzene rings is 2. The Morgan fingerprint density at radius 2 is 1.76 bits per heavy atom. The van der Waals surface area contributed by atoms with Crippen LogP contribution in [0.1, 0.15) is 16.7 Å². The van der Waals surface area contributed by atoms with E-state index in [0.717, 1.165) is 16.7 Å². The maximum absolute atomic E-state index is 9.28. The van der Waals surface area contributed by atoms with E-state index in [-0.39, 0.29) is 12.6 Å². The van der Waals surface area contributed by atoms with E-state index in [1.54, 1.807) is 35.1 Å². The Balaban J connectivity index is 1.64. The number of aromatic nitrogens is 5. The van der Waals surface area contributed by atoms with Crippen molar-refractivity contribution in [3.8, 4) is 28.7 Å². The third-order valence-electron chi connectivity index (χ3n) is 4.35. The second kappa shape index (κ2) is 7.88. The minimum atomic E-state index is -0.00750. The first kappa shape index (κ1) is 18.3. The van der Waals surface area contributed by atoms with Gasteiger partial charge in [-0.25, -0.2) is 14.6 Å². The molecule has 0 aliphatic rings.